The van der Waals surface area contributed by atoms with Crippen molar-refractivity contribution in [3.63, 3.8) is 0 Å². The number of likely N-dealkylation sites (tertiary alicyclic amines) is 1. The molecular weight excluding hydrogens is 456 g/mol. The topological polar surface area (TPSA) is 122 Å². The van der Waals surface area contributed by atoms with E-state index in [1.54, 1.807) is 21.0 Å². The molecule has 1 spiro atoms. The zero-order valence-corrected chi connectivity index (χ0v) is 21.7. The summed E-state index contributed by atoms with van der Waals surface area (Å²) in [5, 5.41) is 12.2. The van der Waals surface area contributed by atoms with E-state index >= 15 is 0 Å². The van der Waals surface area contributed by atoms with Crippen LogP contribution in [0.5, 0.6) is 0 Å². The quantitative estimate of drug-likeness (QED) is 0.388. The molecule has 1 aliphatic carbocycles. The van der Waals surface area contributed by atoms with Gasteiger partial charge in [-0.3, -0.25) is 0 Å². The molecule has 4 rings (SSSR count). The van der Waals surface area contributed by atoms with E-state index in [0.717, 1.165) is 12.8 Å². The van der Waals surface area contributed by atoms with Crippen molar-refractivity contribution in [3.05, 3.63) is 11.6 Å². The molecule has 198 valence electrons. The van der Waals surface area contributed by atoms with E-state index in [2.05, 4.69) is 32.2 Å². The minimum atomic E-state index is -1.03. The predicted octanol–water partition coefficient (Wildman–Crippen LogP) is 2.38. The number of nitrogens with one attached hydrogen (secondary N) is 1. The third-order valence-corrected chi connectivity index (χ3v) is 7.53. The second-order valence-corrected chi connectivity index (χ2v) is 11.4. The van der Waals surface area contributed by atoms with Crippen LogP contribution in [0.2, 0.25) is 0 Å². The molecule has 0 aromatic rings. The third kappa shape index (κ3) is 5.76. The van der Waals surface area contributed by atoms with E-state index in [1.807, 2.05) is 0 Å². The molecule has 10 heteroatoms. The fourth-order valence-electron chi connectivity index (χ4n) is 5.42. The van der Waals surface area contributed by atoms with E-state index in [4.69, 9.17) is 23.7 Å². The van der Waals surface area contributed by atoms with Crippen LogP contribution < -0.4 is 5.32 Å². The smallest absolute Gasteiger partial charge is 0.410 e. The van der Waals surface area contributed by atoms with Crippen LogP contribution in [0, 0.1) is 5.92 Å². The summed E-state index contributed by atoms with van der Waals surface area (Å²) < 4.78 is 29.3. The summed E-state index contributed by atoms with van der Waals surface area (Å²) in [6.45, 7) is 10.7. The molecule has 0 bridgehead atoms. The standard InChI is InChI=1S/C25H40N2O8/c1-15(2)7-8-18-24(5,35-18)20-19(31-6)17(9-10-25(20)14-32-25)34-22(29)27-11-16(12-27)33-21(28)26-13-23(3,4)30/h7,16-20,30H,8-14H2,1-6H3,(H,26,28)/t17-,18-,19-,20-,24+,25+/m1/s1. The fraction of sp³-hybridized carbons (Fsp3) is 0.840. The third-order valence-electron chi connectivity index (χ3n) is 7.53. The van der Waals surface area contributed by atoms with E-state index in [0.29, 0.717) is 13.0 Å². The first-order valence-electron chi connectivity index (χ1n) is 12.5. The number of rotatable bonds is 8. The Kier molecular flexibility index (Phi) is 7.13. The summed E-state index contributed by atoms with van der Waals surface area (Å²) in [6, 6.07) is 0. The lowest BCUT2D eigenvalue weighted by atomic mass is 9.68. The number of allylic oxidation sites excluding steroid dienone is 1. The zero-order chi connectivity index (χ0) is 25.6. The highest BCUT2D eigenvalue weighted by atomic mass is 16.6. The monoisotopic (exact) mass is 496 g/mol. The van der Waals surface area contributed by atoms with Crippen LogP contribution in [0.3, 0.4) is 0 Å². The van der Waals surface area contributed by atoms with Crippen molar-refractivity contribution in [2.24, 2.45) is 5.92 Å². The first-order valence-corrected chi connectivity index (χ1v) is 12.5. The molecule has 3 heterocycles. The molecule has 0 unspecified atom stereocenters. The van der Waals surface area contributed by atoms with Gasteiger partial charge in [-0.25, -0.2) is 9.59 Å². The van der Waals surface area contributed by atoms with Crippen molar-refractivity contribution in [1.82, 2.24) is 10.2 Å². The Morgan fingerprint density at radius 3 is 2.51 bits per heavy atom. The minimum absolute atomic E-state index is 0.0333. The number of amides is 2. The summed E-state index contributed by atoms with van der Waals surface area (Å²) in [7, 11) is 1.65. The number of hydrogen-bond acceptors (Lipinski definition) is 8. The van der Waals surface area contributed by atoms with Crippen molar-refractivity contribution in [1.29, 1.82) is 0 Å². The predicted molar refractivity (Wildman–Crippen MR) is 126 cm³/mol. The normalized spacial score (nSPS) is 36.3. The molecule has 10 nitrogen and oxygen atoms in total. The average molecular weight is 497 g/mol. The van der Waals surface area contributed by atoms with E-state index in [-0.39, 0.29) is 49.0 Å². The lowest BCUT2D eigenvalue weighted by Crippen LogP contribution is -2.59. The first-order chi connectivity index (χ1) is 16.4. The number of methoxy groups -OCH3 is 1. The highest BCUT2D eigenvalue weighted by Gasteiger charge is 2.72. The highest BCUT2D eigenvalue weighted by molar-refractivity contribution is 5.70. The SMILES string of the molecule is CO[C@@H]1[C@H](OC(=O)N2CC(OC(=O)NCC(C)(C)O)C2)CC[C@]2(CO2)[C@H]1[C@@]1(C)O[C@@H]1CC=C(C)C. The maximum absolute atomic E-state index is 12.8. The largest absolute Gasteiger partial charge is 0.443 e. The Morgan fingerprint density at radius 2 is 1.94 bits per heavy atom. The van der Waals surface area contributed by atoms with Crippen LogP contribution in [0.25, 0.3) is 0 Å². The first kappa shape index (κ1) is 26.2. The van der Waals surface area contributed by atoms with E-state index in [1.165, 1.54) is 10.5 Å². The molecule has 6 atom stereocenters. The minimum Gasteiger partial charge on any atom is -0.443 e. The number of carbonyl (C=O) groups is 2. The number of aliphatic hydroxyl groups is 1. The number of ether oxygens (including phenoxy) is 5. The van der Waals surface area contributed by atoms with Crippen molar-refractivity contribution in [2.45, 2.75) is 95.1 Å². The summed E-state index contributed by atoms with van der Waals surface area (Å²) >= 11 is 0. The molecule has 35 heavy (non-hydrogen) atoms. The van der Waals surface area contributed by atoms with Crippen LogP contribution in [0.4, 0.5) is 9.59 Å². The molecule has 3 aliphatic heterocycles. The van der Waals surface area contributed by atoms with E-state index in [9.17, 15) is 14.7 Å². The van der Waals surface area contributed by atoms with Crippen LogP contribution in [0.15, 0.2) is 11.6 Å². The Balaban J connectivity index is 1.30. The molecule has 4 aliphatic rings. The maximum atomic E-state index is 12.8. The Labute approximate surface area is 207 Å². The van der Waals surface area contributed by atoms with Gasteiger partial charge in [0.2, 0.25) is 0 Å². The summed E-state index contributed by atoms with van der Waals surface area (Å²) in [4.78, 5) is 26.2. The molecule has 3 saturated heterocycles. The molecular formula is C25H40N2O8. The molecule has 0 radical (unpaired) electrons. The van der Waals surface area contributed by atoms with Gasteiger partial charge in [-0.05, 0) is 53.9 Å². The Bertz CT molecular complexity index is 841. The summed E-state index contributed by atoms with van der Waals surface area (Å²) in [6.07, 6.45) is 2.35. The zero-order valence-electron chi connectivity index (χ0n) is 21.7. The molecule has 2 amide bonds. The Hall–Kier alpha value is -1.88. The van der Waals surface area contributed by atoms with Crippen LogP contribution in [0.1, 0.15) is 53.9 Å². The number of carbonyl (C=O) groups excluding carboxylic acids is 2. The van der Waals surface area contributed by atoms with Gasteiger partial charge in [0.05, 0.1) is 37.3 Å². The van der Waals surface area contributed by atoms with Crippen molar-refractivity contribution in [2.75, 3.05) is 33.4 Å². The lowest BCUT2D eigenvalue weighted by Gasteiger charge is -2.44. The molecule has 0 aromatic heterocycles. The van der Waals surface area contributed by atoms with Crippen molar-refractivity contribution >= 4 is 12.2 Å². The summed E-state index contributed by atoms with van der Waals surface area (Å²) in [5.74, 6) is -0.0333. The highest BCUT2D eigenvalue weighted by Crippen LogP contribution is 2.59. The van der Waals surface area contributed by atoms with Gasteiger partial charge < -0.3 is 39.0 Å². The van der Waals surface area contributed by atoms with Gasteiger partial charge in [-0.2, -0.15) is 0 Å². The summed E-state index contributed by atoms with van der Waals surface area (Å²) in [5.41, 5.74) is -0.432. The van der Waals surface area contributed by atoms with Crippen LogP contribution in [-0.2, 0) is 23.7 Å². The van der Waals surface area contributed by atoms with Crippen LogP contribution in [-0.4, -0.2) is 96.8 Å². The van der Waals surface area contributed by atoms with E-state index < -0.39 is 30.0 Å². The lowest BCUT2D eigenvalue weighted by molar-refractivity contribution is -0.126. The second-order valence-electron chi connectivity index (χ2n) is 11.4. The van der Waals surface area contributed by atoms with Gasteiger partial charge in [-0.15, -0.1) is 0 Å². The van der Waals surface area contributed by atoms with Gasteiger partial charge in [-0.1, -0.05) is 11.6 Å². The van der Waals surface area contributed by atoms with Gasteiger partial charge in [0.1, 0.15) is 29.5 Å². The molecule has 2 N–H and O–H groups in total. The van der Waals surface area contributed by atoms with Crippen molar-refractivity contribution in [3.8, 4) is 0 Å². The number of alkyl carbamates (subject to hydrolysis) is 1. The molecule has 4 fully saturated rings. The van der Waals surface area contributed by atoms with Crippen LogP contribution >= 0.6 is 0 Å². The average Bonchev–Trinajstić information content (AvgIpc) is 3.65. The maximum Gasteiger partial charge on any atom is 0.410 e. The number of nitrogens with zero attached hydrogens (tertiary/aromatic N) is 1. The van der Waals surface area contributed by atoms with Gasteiger partial charge in [0.15, 0.2) is 0 Å². The number of epoxide rings is 2. The van der Waals surface area contributed by atoms with Gasteiger partial charge in [0, 0.05) is 13.7 Å². The second kappa shape index (κ2) is 9.53. The van der Waals surface area contributed by atoms with Crippen molar-refractivity contribution < 1.29 is 38.4 Å². The number of hydrogen-bond donors (Lipinski definition) is 2. The van der Waals surface area contributed by atoms with Gasteiger partial charge >= 0.3 is 12.2 Å². The fourth-order valence-corrected chi connectivity index (χ4v) is 5.42. The Morgan fingerprint density at radius 1 is 1.26 bits per heavy atom. The molecule has 1 saturated carbocycles. The molecule has 0 aromatic carbocycles. The van der Waals surface area contributed by atoms with Gasteiger partial charge in [0.25, 0.3) is 0 Å².